The average Bonchev–Trinajstić information content (AvgIpc) is 2.59. The van der Waals surface area contributed by atoms with Crippen LogP contribution in [0.5, 0.6) is 5.75 Å². The summed E-state index contributed by atoms with van der Waals surface area (Å²) in [5, 5.41) is 0. The van der Waals surface area contributed by atoms with E-state index in [1.54, 1.807) is 24.1 Å². The summed E-state index contributed by atoms with van der Waals surface area (Å²) < 4.78 is 5.25. The number of ether oxygens (including phenoxy) is 1. The molecule has 0 atom stereocenters. The number of piperazine rings is 1. The molecule has 0 saturated carbocycles. The predicted octanol–water partition coefficient (Wildman–Crippen LogP) is 0.931. The molecule has 0 radical (unpaired) electrons. The molecule has 1 aliphatic heterocycles. The van der Waals surface area contributed by atoms with Crippen LogP contribution in [0.15, 0.2) is 24.3 Å². The van der Waals surface area contributed by atoms with Crippen molar-refractivity contribution in [3.05, 3.63) is 29.8 Å². The van der Waals surface area contributed by atoms with Crippen LogP contribution in [-0.2, 0) is 4.79 Å². The molecule has 0 spiro atoms. The normalized spacial score (nSPS) is 15.0. The zero-order valence-electron chi connectivity index (χ0n) is 14.1. The maximum absolute atomic E-state index is 12.6. The molecule has 0 aliphatic carbocycles. The average molecular weight is 319 g/mol. The van der Waals surface area contributed by atoms with Crippen molar-refractivity contribution >= 4 is 11.8 Å². The van der Waals surface area contributed by atoms with E-state index in [9.17, 15) is 9.59 Å². The smallest absolute Gasteiger partial charge is 0.257 e. The number of rotatable bonds is 5. The first kappa shape index (κ1) is 17.3. The molecule has 23 heavy (non-hydrogen) atoms. The SMILES string of the molecule is COc1ccccc1C(=O)N1CCN(C(=O)CCN(C)C)CC1. The van der Waals surface area contributed by atoms with E-state index in [0.717, 1.165) is 6.54 Å². The molecule has 0 bridgehead atoms. The van der Waals surface area contributed by atoms with E-state index in [1.807, 2.05) is 36.0 Å². The molecular weight excluding hydrogens is 294 g/mol. The lowest BCUT2D eigenvalue weighted by molar-refractivity contribution is -0.132. The van der Waals surface area contributed by atoms with Gasteiger partial charge in [0.1, 0.15) is 5.75 Å². The first-order valence-electron chi connectivity index (χ1n) is 7.87. The van der Waals surface area contributed by atoms with Crippen LogP contribution in [0.25, 0.3) is 0 Å². The summed E-state index contributed by atoms with van der Waals surface area (Å²) in [5.74, 6) is 0.702. The molecule has 1 aliphatic rings. The van der Waals surface area contributed by atoms with Gasteiger partial charge < -0.3 is 19.4 Å². The second kappa shape index (κ2) is 7.97. The summed E-state index contributed by atoms with van der Waals surface area (Å²) in [4.78, 5) is 30.4. The minimum atomic E-state index is -0.0390. The number of hydrogen-bond donors (Lipinski definition) is 0. The Bertz CT molecular complexity index is 552. The van der Waals surface area contributed by atoms with Crippen LogP contribution in [0.4, 0.5) is 0 Å². The maximum Gasteiger partial charge on any atom is 0.257 e. The summed E-state index contributed by atoms with van der Waals surface area (Å²) in [6.07, 6.45) is 0.521. The van der Waals surface area contributed by atoms with Gasteiger partial charge in [0, 0.05) is 39.1 Å². The van der Waals surface area contributed by atoms with Gasteiger partial charge in [-0.05, 0) is 26.2 Å². The fraction of sp³-hybridized carbons (Fsp3) is 0.529. The van der Waals surface area contributed by atoms with Gasteiger partial charge in [-0.15, -0.1) is 0 Å². The van der Waals surface area contributed by atoms with E-state index in [0.29, 0.717) is 43.9 Å². The van der Waals surface area contributed by atoms with Crippen molar-refractivity contribution in [3.63, 3.8) is 0 Å². The fourth-order valence-corrected chi connectivity index (χ4v) is 2.63. The van der Waals surface area contributed by atoms with Crippen molar-refractivity contribution in [2.45, 2.75) is 6.42 Å². The molecule has 1 aromatic carbocycles. The third kappa shape index (κ3) is 4.45. The summed E-state index contributed by atoms with van der Waals surface area (Å²) >= 11 is 0. The van der Waals surface area contributed by atoms with Crippen LogP contribution in [0.2, 0.25) is 0 Å². The van der Waals surface area contributed by atoms with Gasteiger partial charge in [0.2, 0.25) is 5.91 Å². The number of carbonyl (C=O) groups excluding carboxylic acids is 2. The van der Waals surface area contributed by atoms with Crippen molar-refractivity contribution in [3.8, 4) is 5.75 Å². The molecule has 6 heteroatoms. The molecule has 1 saturated heterocycles. The van der Waals surface area contributed by atoms with Gasteiger partial charge in [-0.1, -0.05) is 12.1 Å². The van der Waals surface area contributed by atoms with E-state index >= 15 is 0 Å². The van der Waals surface area contributed by atoms with Gasteiger partial charge in [0.15, 0.2) is 0 Å². The van der Waals surface area contributed by atoms with E-state index < -0.39 is 0 Å². The second-order valence-corrected chi connectivity index (χ2v) is 5.93. The molecule has 2 rings (SSSR count). The number of carbonyl (C=O) groups is 2. The van der Waals surface area contributed by atoms with Crippen molar-refractivity contribution in [1.82, 2.24) is 14.7 Å². The Labute approximate surface area is 137 Å². The van der Waals surface area contributed by atoms with Gasteiger partial charge in [0.05, 0.1) is 12.7 Å². The molecule has 0 N–H and O–H groups in total. The molecule has 126 valence electrons. The zero-order valence-corrected chi connectivity index (χ0v) is 14.1. The van der Waals surface area contributed by atoms with Gasteiger partial charge >= 0.3 is 0 Å². The summed E-state index contributed by atoms with van der Waals surface area (Å²) in [5.41, 5.74) is 0.572. The summed E-state index contributed by atoms with van der Waals surface area (Å²) in [6, 6.07) is 7.23. The second-order valence-electron chi connectivity index (χ2n) is 5.93. The van der Waals surface area contributed by atoms with Crippen LogP contribution in [0, 0.1) is 0 Å². The Hall–Kier alpha value is -2.08. The number of benzene rings is 1. The van der Waals surface area contributed by atoms with Crippen LogP contribution in [0.3, 0.4) is 0 Å². The van der Waals surface area contributed by atoms with Gasteiger partial charge in [-0.25, -0.2) is 0 Å². The predicted molar refractivity (Wildman–Crippen MR) is 88.6 cm³/mol. The number of hydrogen-bond acceptors (Lipinski definition) is 4. The highest BCUT2D eigenvalue weighted by molar-refractivity contribution is 5.97. The lowest BCUT2D eigenvalue weighted by Crippen LogP contribution is -2.51. The highest BCUT2D eigenvalue weighted by atomic mass is 16.5. The van der Waals surface area contributed by atoms with Crippen LogP contribution >= 0.6 is 0 Å². The molecule has 6 nitrogen and oxygen atoms in total. The molecule has 0 aromatic heterocycles. The van der Waals surface area contributed by atoms with E-state index in [2.05, 4.69) is 0 Å². The lowest BCUT2D eigenvalue weighted by atomic mass is 10.1. The molecule has 1 heterocycles. The van der Waals surface area contributed by atoms with Crippen molar-refractivity contribution < 1.29 is 14.3 Å². The van der Waals surface area contributed by atoms with Gasteiger partial charge in [-0.3, -0.25) is 9.59 Å². The van der Waals surface area contributed by atoms with Crippen molar-refractivity contribution in [1.29, 1.82) is 0 Å². The standard InChI is InChI=1S/C17H25N3O3/c1-18(2)9-8-16(21)19-10-12-20(13-11-19)17(22)14-6-4-5-7-15(14)23-3/h4-7H,8-13H2,1-3H3. The highest BCUT2D eigenvalue weighted by Crippen LogP contribution is 2.20. The highest BCUT2D eigenvalue weighted by Gasteiger charge is 2.26. The monoisotopic (exact) mass is 319 g/mol. The van der Waals surface area contributed by atoms with Crippen LogP contribution in [-0.4, -0.2) is 80.4 Å². The number of methoxy groups -OCH3 is 1. The molecular formula is C17H25N3O3. The van der Waals surface area contributed by atoms with E-state index in [1.165, 1.54) is 0 Å². The van der Waals surface area contributed by atoms with Gasteiger partial charge in [-0.2, -0.15) is 0 Å². The van der Waals surface area contributed by atoms with E-state index in [4.69, 9.17) is 4.74 Å². The van der Waals surface area contributed by atoms with E-state index in [-0.39, 0.29) is 11.8 Å². The Morgan fingerprint density at radius 2 is 1.70 bits per heavy atom. The van der Waals surface area contributed by atoms with Crippen LogP contribution in [0.1, 0.15) is 16.8 Å². The topological polar surface area (TPSA) is 53.1 Å². The first-order chi connectivity index (χ1) is 11.0. The molecule has 0 unspecified atom stereocenters. The fourth-order valence-electron chi connectivity index (χ4n) is 2.63. The lowest BCUT2D eigenvalue weighted by Gasteiger charge is -2.35. The van der Waals surface area contributed by atoms with Crippen LogP contribution < -0.4 is 4.74 Å². The van der Waals surface area contributed by atoms with Gasteiger partial charge in [0.25, 0.3) is 5.91 Å². The molecule has 1 fully saturated rings. The molecule has 1 aromatic rings. The third-order valence-electron chi connectivity index (χ3n) is 4.03. The minimum Gasteiger partial charge on any atom is -0.496 e. The summed E-state index contributed by atoms with van der Waals surface area (Å²) in [6.45, 7) is 3.05. The Balaban J connectivity index is 1.91. The Morgan fingerprint density at radius 1 is 1.09 bits per heavy atom. The zero-order chi connectivity index (χ0) is 16.8. The largest absolute Gasteiger partial charge is 0.496 e. The summed E-state index contributed by atoms with van der Waals surface area (Å²) in [7, 11) is 5.47. The molecule has 2 amide bonds. The number of amides is 2. The number of nitrogens with zero attached hydrogens (tertiary/aromatic N) is 3. The maximum atomic E-state index is 12.6. The quantitative estimate of drug-likeness (QED) is 0.810. The Kier molecular flexibility index (Phi) is 5.98. The Morgan fingerprint density at radius 3 is 2.30 bits per heavy atom. The number of para-hydroxylation sites is 1. The van der Waals surface area contributed by atoms with Crippen molar-refractivity contribution in [2.24, 2.45) is 0 Å². The van der Waals surface area contributed by atoms with Crippen molar-refractivity contribution in [2.75, 3.05) is 53.9 Å². The third-order valence-corrected chi connectivity index (χ3v) is 4.03. The first-order valence-corrected chi connectivity index (χ1v) is 7.87. The minimum absolute atomic E-state index is 0.0390.